The molecule has 0 bridgehead atoms. The first-order valence-corrected chi connectivity index (χ1v) is 6.82. The van der Waals surface area contributed by atoms with Crippen LogP contribution in [0.4, 0.5) is 5.69 Å². The van der Waals surface area contributed by atoms with Gasteiger partial charge in [-0.05, 0) is 43.2 Å². The molecule has 0 amide bonds. The predicted molar refractivity (Wildman–Crippen MR) is 78.2 cm³/mol. The molecule has 1 unspecified atom stereocenters. The average molecular weight is 270 g/mol. The Bertz CT molecular complexity index is 588. The summed E-state index contributed by atoms with van der Waals surface area (Å²) in [5.74, 6) is 0.873. The van der Waals surface area contributed by atoms with E-state index < -0.39 is 0 Å². The number of anilines is 1. The lowest BCUT2D eigenvalue weighted by molar-refractivity contribution is 0.135. The third-order valence-corrected chi connectivity index (χ3v) is 3.41. The van der Waals surface area contributed by atoms with Gasteiger partial charge in [0.25, 0.3) is 0 Å². The van der Waals surface area contributed by atoms with E-state index >= 15 is 0 Å². The molecule has 0 spiro atoms. The molecule has 1 aliphatic rings. The lowest BCUT2D eigenvalue weighted by Gasteiger charge is -2.20. The molecular weight excluding hydrogens is 252 g/mol. The summed E-state index contributed by atoms with van der Waals surface area (Å²) in [6, 6.07) is 8.22. The van der Waals surface area contributed by atoms with Crippen LogP contribution in [0.25, 0.3) is 11.4 Å². The molecule has 1 aliphatic heterocycles. The quantitative estimate of drug-likeness (QED) is 0.927. The SMILES string of the molecule is Cn1cnnc1-c1ccc(NCC2CCC=CO2)cc1. The molecule has 104 valence electrons. The zero-order valence-electron chi connectivity index (χ0n) is 11.5. The van der Waals surface area contributed by atoms with E-state index in [4.69, 9.17) is 4.74 Å². The molecule has 1 aromatic heterocycles. The molecule has 0 radical (unpaired) electrons. The van der Waals surface area contributed by atoms with Crippen LogP contribution in [-0.2, 0) is 11.8 Å². The van der Waals surface area contributed by atoms with Gasteiger partial charge in [0.2, 0.25) is 0 Å². The third-order valence-electron chi connectivity index (χ3n) is 3.41. The van der Waals surface area contributed by atoms with Crippen molar-refractivity contribution in [2.24, 2.45) is 7.05 Å². The van der Waals surface area contributed by atoms with Crippen LogP contribution in [0.2, 0.25) is 0 Å². The van der Waals surface area contributed by atoms with Crippen molar-refractivity contribution >= 4 is 5.69 Å². The highest BCUT2D eigenvalue weighted by atomic mass is 16.5. The summed E-state index contributed by atoms with van der Waals surface area (Å²) in [5.41, 5.74) is 2.15. The lowest BCUT2D eigenvalue weighted by Crippen LogP contribution is -2.22. The second-order valence-electron chi connectivity index (χ2n) is 4.93. The molecule has 5 nitrogen and oxygen atoms in total. The molecule has 20 heavy (non-hydrogen) atoms. The lowest BCUT2D eigenvalue weighted by atomic mass is 10.1. The van der Waals surface area contributed by atoms with Gasteiger partial charge in [-0.25, -0.2) is 0 Å². The maximum Gasteiger partial charge on any atom is 0.163 e. The van der Waals surface area contributed by atoms with Crippen LogP contribution in [-0.4, -0.2) is 27.4 Å². The molecule has 2 aromatic rings. The van der Waals surface area contributed by atoms with Gasteiger partial charge in [0, 0.05) is 18.3 Å². The smallest absolute Gasteiger partial charge is 0.163 e. The standard InChI is InChI=1S/C15H18N4O/c1-19-11-17-18-15(19)12-5-7-13(8-6-12)16-10-14-4-2-3-9-20-14/h3,5-9,11,14,16H,2,4,10H2,1H3. The Hall–Kier alpha value is -2.30. The Balaban J connectivity index is 1.61. The zero-order valence-corrected chi connectivity index (χ0v) is 11.5. The fourth-order valence-electron chi connectivity index (χ4n) is 2.25. The molecule has 3 rings (SSSR count). The summed E-state index contributed by atoms with van der Waals surface area (Å²) in [4.78, 5) is 0. The highest BCUT2D eigenvalue weighted by molar-refractivity contribution is 5.59. The molecule has 0 aliphatic carbocycles. The summed E-state index contributed by atoms with van der Waals surface area (Å²) < 4.78 is 7.44. The summed E-state index contributed by atoms with van der Waals surface area (Å²) in [5, 5.41) is 11.4. The Morgan fingerprint density at radius 1 is 1.35 bits per heavy atom. The van der Waals surface area contributed by atoms with Gasteiger partial charge in [0.1, 0.15) is 12.4 Å². The van der Waals surface area contributed by atoms with E-state index in [0.29, 0.717) is 0 Å². The van der Waals surface area contributed by atoms with Crippen LogP contribution in [0.15, 0.2) is 42.9 Å². The normalized spacial score (nSPS) is 17.8. The van der Waals surface area contributed by atoms with E-state index in [2.05, 4.69) is 33.7 Å². The molecule has 0 saturated heterocycles. The number of hydrogen-bond acceptors (Lipinski definition) is 4. The van der Waals surface area contributed by atoms with Crippen LogP contribution in [0.3, 0.4) is 0 Å². The molecule has 0 saturated carbocycles. The molecule has 1 aromatic carbocycles. The number of aromatic nitrogens is 3. The fourth-order valence-corrected chi connectivity index (χ4v) is 2.25. The Labute approximate surface area is 118 Å². The minimum atomic E-state index is 0.262. The van der Waals surface area contributed by atoms with Crippen LogP contribution in [0, 0.1) is 0 Å². The minimum absolute atomic E-state index is 0.262. The second kappa shape index (κ2) is 5.77. The van der Waals surface area contributed by atoms with Crippen molar-refractivity contribution < 1.29 is 4.74 Å². The summed E-state index contributed by atoms with van der Waals surface area (Å²) in [6.45, 7) is 0.827. The largest absolute Gasteiger partial charge is 0.497 e. The molecule has 1 N–H and O–H groups in total. The van der Waals surface area contributed by atoms with Crippen molar-refractivity contribution in [1.29, 1.82) is 0 Å². The van der Waals surface area contributed by atoms with Gasteiger partial charge in [-0.3, -0.25) is 0 Å². The maximum absolute atomic E-state index is 5.53. The topological polar surface area (TPSA) is 52.0 Å². The van der Waals surface area contributed by atoms with Crippen molar-refractivity contribution in [3.8, 4) is 11.4 Å². The number of nitrogens with one attached hydrogen (secondary N) is 1. The Morgan fingerprint density at radius 3 is 2.85 bits per heavy atom. The Morgan fingerprint density at radius 2 is 2.20 bits per heavy atom. The number of hydrogen-bond donors (Lipinski definition) is 1. The highest BCUT2D eigenvalue weighted by Gasteiger charge is 2.10. The van der Waals surface area contributed by atoms with E-state index in [1.807, 2.05) is 23.7 Å². The maximum atomic E-state index is 5.53. The summed E-state index contributed by atoms with van der Waals surface area (Å²) in [7, 11) is 1.94. The van der Waals surface area contributed by atoms with Gasteiger partial charge in [-0.2, -0.15) is 0 Å². The monoisotopic (exact) mass is 270 g/mol. The van der Waals surface area contributed by atoms with Crippen molar-refractivity contribution in [3.05, 3.63) is 42.9 Å². The van der Waals surface area contributed by atoms with E-state index in [0.717, 1.165) is 36.5 Å². The number of rotatable bonds is 4. The first kappa shape index (κ1) is 12.7. The zero-order chi connectivity index (χ0) is 13.8. The van der Waals surface area contributed by atoms with Crippen molar-refractivity contribution in [1.82, 2.24) is 14.8 Å². The van der Waals surface area contributed by atoms with E-state index in [-0.39, 0.29) is 6.10 Å². The van der Waals surface area contributed by atoms with Gasteiger partial charge in [0.15, 0.2) is 5.82 Å². The van der Waals surface area contributed by atoms with Crippen molar-refractivity contribution in [2.45, 2.75) is 18.9 Å². The summed E-state index contributed by atoms with van der Waals surface area (Å²) >= 11 is 0. The average Bonchev–Trinajstić information content (AvgIpc) is 2.93. The number of allylic oxidation sites excluding steroid dienone is 1. The van der Waals surface area contributed by atoms with Gasteiger partial charge in [-0.1, -0.05) is 0 Å². The van der Waals surface area contributed by atoms with Gasteiger partial charge in [-0.15, -0.1) is 10.2 Å². The number of benzene rings is 1. The van der Waals surface area contributed by atoms with Crippen LogP contribution in [0.1, 0.15) is 12.8 Å². The van der Waals surface area contributed by atoms with Crippen molar-refractivity contribution in [3.63, 3.8) is 0 Å². The van der Waals surface area contributed by atoms with Gasteiger partial charge < -0.3 is 14.6 Å². The fraction of sp³-hybridized carbons (Fsp3) is 0.333. The van der Waals surface area contributed by atoms with E-state index in [1.54, 1.807) is 12.6 Å². The first-order valence-electron chi connectivity index (χ1n) is 6.82. The first-order chi connectivity index (χ1) is 9.83. The second-order valence-corrected chi connectivity index (χ2v) is 4.93. The molecule has 1 atom stereocenters. The van der Waals surface area contributed by atoms with Gasteiger partial charge in [0.05, 0.1) is 12.8 Å². The number of aryl methyl sites for hydroxylation is 1. The van der Waals surface area contributed by atoms with Gasteiger partial charge >= 0.3 is 0 Å². The van der Waals surface area contributed by atoms with Crippen LogP contribution >= 0.6 is 0 Å². The predicted octanol–water partition coefficient (Wildman–Crippen LogP) is 2.59. The van der Waals surface area contributed by atoms with E-state index in [1.165, 1.54) is 0 Å². The number of ether oxygens (including phenoxy) is 1. The minimum Gasteiger partial charge on any atom is -0.497 e. The molecule has 0 fully saturated rings. The van der Waals surface area contributed by atoms with E-state index in [9.17, 15) is 0 Å². The highest BCUT2D eigenvalue weighted by Crippen LogP contribution is 2.19. The molecular formula is C15H18N4O. The molecule has 5 heteroatoms. The number of nitrogens with zero attached hydrogens (tertiary/aromatic N) is 3. The van der Waals surface area contributed by atoms with Crippen molar-refractivity contribution in [2.75, 3.05) is 11.9 Å². The van der Waals surface area contributed by atoms with Crippen LogP contribution < -0.4 is 5.32 Å². The summed E-state index contributed by atoms with van der Waals surface area (Å²) in [6.07, 6.45) is 7.99. The third kappa shape index (κ3) is 2.82. The molecule has 2 heterocycles. The Kier molecular flexibility index (Phi) is 3.67. The van der Waals surface area contributed by atoms with Crippen LogP contribution in [0.5, 0.6) is 0 Å².